The summed E-state index contributed by atoms with van der Waals surface area (Å²) in [6, 6.07) is 3.33. The molecule has 0 bridgehead atoms. The van der Waals surface area contributed by atoms with Crippen molar-refractivity contribution in [3.05, 3.63) is 34.4 Å². The summed E-state index contributed by atoms with van der Waals surface area (Å²) in [6.45, 7) is 5.30. The van der Waals surface area contributed by atoms with E-state index >= 15 is 0 Å². The van der Waals surface area contributed by atoms with Crippen LogP contribution in [-0.4, -0.2) is 120 Å². The van der Waals surface area contributed by atoms with Crippen LogP contribution in [0, 0.1) is 10.1 Å². The molecule has 276 valence electrons. The third-order valence-electron chi connectivity index (χ3n) is 7.03. The first kappa shape index (κ1) is 39.5. The molecule has 1 aromatic carbocycles. The van der Waals surface area contributed by atoms with Gasteiger partial charge in [-0.1, -0.05) is 0 Å². The van der Waals surface area contributed by atoms with Crippen LogP contribution in [0.3, 0.4) is 0 Å². The summed E-state index contributed by atoms with van der Waals surface area (Å²) in [5, 5.41) is 25.1. The van der Waals surface area contributed by atoms with E-state index in [9.17, 15) is 44.0 Å². The fraction of sp³-hybridized carbons (Fsp3) is 0.600. The Hall–Kier alpha value is -4.92. The molecule has 2 saturated heterocycles. The highest BCUT2D eigenvalue weighted by Gasteiger charge is 2.56. The van der Waals surface area contributed by atoms with Crippen molar-refractivity contribution >= 4 is 41.4 Å². The SMILES string of the molecule is CC(=O)N[C@H]1[C@H](Oc2ccc([N+](=O)[O-])cc2)O[C@H](COC(C)=O)[C@@H](OC(C)=O)[C@@H]1O[C@@H]1O[C@H](COC(C)=O)[C@H](OC(C)=O)[C@H](O)[C@H]1OC(C)=O. The summed E-state index contributed by atoms with van der Waals surface area (Å²) in [5.41, 5.74) is -0.260. The lowest BCUT2D eigenvalue weighted by atomic mass is 9.94. The summed E-state index contributed by atoms with van der Waals surface area (Å²) in [5.74, 6) is -4.83. The zero-order chi connectivity index (χ0) is 37.3. The Balaban J connectivity index is 2.13. The Morgan fingerprint density at radius 3 is 1.68 bits per heavy atom. The van der Waals surface area contributed by atoms with E-state index in [1.165, 1.54) is 12.1 Å². The minimum atomic E-state index is -1.85. The van der Waals surface area contributed by atoms with Crippen LogP contribution in [0.2, 0.25) is 0 Å². The number of hydrogen-bond donors (Lipinski definition) is 2. The van der Waals surface area contributed by atoms with Crippen molar-refractivity contribution in [3.8, 4) is 5.75 Å². The topological polar surface area (TPSA) is 261 Å². The Morgan fingerprint density at radius 2 is 1.20 bits per heavy atom. The van der Waals surface area contributed by atoms with Crippen LogP contribution in [0.4, 0.5) is 5.69 Å². The van der Waals surface area contributed by atoms with Crippen LogP contribution < -0.4 is 10.1 Å². The second-order valence-electron chi connectivity index (χ2n) is 11.1. The van der Waals surface area contributed by atoms with E-state index in [1.807, 2.05) is 0 Å². The van der Waals surface area contributed by atoms with E-state index in [2.05, 4.69) is 5.32 Å². The smallest absolute Gasteiger partial charge is 0.303 e. The average Bonchev–Trinajstić information content (AvgIpc) is 3.00. The summed E-state index contributed by atoms with van der Waals surface area (Å²) in [7, 11) is 0. The number of amides is 1. The maximum Gasteiger partial charge on any atom is 0.303 e. The fourth-order valence-corrected chi connectivity index (χ4v) is 5.15. The number of nitro benzene ring substituents is 1. The molecule has 2 aliphatic rings. The van der Waals surface area contributed by atoms with Gasteiger partial charge in [0.1, 0.15) is 49.4 Å². The Labute approximate surface area is 284 Å². The Bertz CT molecular complexity index is 1420. The highest BCUT2D eigenvalue weighted by atomic mass is 16.8. The number of nitrogens with one attached hydrogen (secondary N) is 1. The molecule has 1 amide bonds. The number of carbonyl (C=O) groups is 6. The van der Waals surface area contributed by atoms with E-state index in [-0.39, 0.29) is 11.4 Å². The maximum atomic E-state index is 12.5. The van der Waals surface area contributed by atoms with Gasteiger partial charge in [0.25, 0.3) is 5.69 Å². The van der Waals surface area contributed by atoms with Crippen LogP contribution >= 0.6 is 0 Å². The van der Waals surface area contributed by atoms with Gasteiger partial charge < -0.3 is 53.1 Å². The first-order valence-corrected chi connectivity index (χ1v) is 15.1. The molecule has 20 nitrogen and oxygen atoms in total. The molecular formula is C30H38N2O18. The number of benzene rings is 1. The first-order chi connectivity index (χ1) is 23.5. The number of nitro groups is 1. The first-order valence-electron chi connectivity index (χ1n) is 15.1. The predicted molar refractivity (Wildman–Crippen MR) is 159 cm³/mol. The Kier molecular flexibility index (Phi) is 14.0. The maximum absolute atomic E-state index is 12.5. The summed E-state index contributed by atoms with van der Waals surface area (Å²) in [6.07, 6.45) is -14.4. The van der Waals surface area contributed by atoms with Crippen molar-refractivity contribution < 1.29 is 81.4 Å². The normalized spacial score (nSPS) is 29.0. The molecule has 50 heavy (non-hydrogen) atoms. The van der Waals surface area contributed by atoms with Gasteiger partial charge in [0.05, 0.1) is 4.92 Å². The standard InChI is InChI=1S/C30H38N2O18/c1-13(33)31-23-27(50-30-28(46-18(6)38)24(39)25(44-16(4)36)21(49-30)11-42-14(2)34)26(45-17(5)37)22(12-43-15(3)35)48-29(23)47-20-9-7-19(8-10-20)32(40)41/h7-10,21-30,39H,11-12H2,1-6H3,(H,31,33)/t21-,22-,23-,24+,25+,26-,27-,28-,29-,30+/m1/s1. The lowest BCUT2D eigenvalue weighted by Crippen LogP contribution is -2.69. The van der Waals surface area contributed by atoms with Crippen molar-refractivity contribution in [3.63, 3.8) is 0 Å². The molecule has 0 unspecified atom stereocenters. The third-order valence-corrected chi connectivity index (χ3v) is 7.03. The molecule has 0 spiro atoms. The second kappa shape index (κ2) is 17.7. The monoisotopic (exact) mass is 714 g/mol. The quantitative estimate of drug-likeness (QED) is 0.114. The van der Waals surface area contributed by atoms with Crippen molar-refractivity contribution in [2.75, 3.05) is 13.2 Å². The Morgan fingerprint density at radius 1 is 0.720 bits per heavy atom. The van der Waals surface area contributed by atoms with Crippen molar-refractivity contribution in [2.45, 2.75) is 103 Å². The summed E-state index contributed by atoms with van der Waals surface area (Å²) >= 11 is 0. The van der Waals surface area contributed by atoms with Gasteiger partial charge in [-0.15, -0.1) is 0 Å². The largest absolute Gasteiger partial charge is 0.463 e. The van der Waals surface area contributed by atoms with Gasteiger partial charge in [-0.3, -0.25) is 38.9 Å². The molecule has 1 aromatic rings. The third kappa shape index (κ3) is 11.1. The zero-order valence-corrected chi connectivity index (χ0v) is 27.8. The fourth-order valence-electron chi connectivity index (χ4n) is 5.15. The van der Waals surface area contributed by atoms with Crippen LogP contribution in [0.15, 0.2) is 24.3 Å². The number of aliphatic hydroxyl groups is 1. The van der Waals surface area contributed by atoms with Crippen LogP contribution in [0.1, 0.15) is 41.5 Å². The number of non-ortho nitro benzene ring substituents is 1. The molecule has 0 aromatic heterocycles. The molecule has 2 heterocycles. The van der Waals surface area contributed by atoms with E-state index in [0.717, 1.165) is 53.7 Å². The molecule has 10 atom stereocenters. The van der Waals surface area contributed by atoms with Gasteiger partial charge in [0.2, 0.25) is 12.2 Å². The molecule has 20 heteroatoms. The minimum Gasteiger partial charge on any atom is -0.463 e. The summed E-state index contributed by atoms with van der Waals surface area (Å²) < 4.78 is 50.5. The minimum absolute atomic E-state index is 0.0136. The number of ether oxygens (including phenoxy) is 9. The molecule has 3 rings (SSSR count). The van der Waals surface area contributed by atoms with Gasteiger partial charge in [-0.25, -0.2) is 0 Å². The lowest BCUT2D eigenvalue weighted by molar-refractivity contribution is -0.384. The highest BCUT2D eigenvalue weighted by Crippen LogP contribution is 2.34. The van der Waals surface area contributed by atoms with Crippen molar-refractivity contribution in [2.24, 2.45) is 0 Å². The van der Waals surface area contributed by atoms with E-state index in [1.54, 1.807) is 0 Å². The molecule has 0 aliphatic carbocycles. The number of carbonyl (C=O) groups excluding carboxylic acids is 6. The molecule has 2 aliphatic heterocycles. The van der Waals surface area contributed by atoms with E-state index in [4.69, 9.17) is 42.6 Å². The van der Waals surface area contributed by atoms with E-state index in [0.29, 0.717) is 0 Å². The highest BCUT2D eigenvalue weighted by molar-refractivity contribution is 5.73. The second-order valence-corrected chi connectivity index (χ2v) is 11.1. The lowest BCUT2D eigenvalue weighted by Gasteiger charge is -2.48. The number of aliphatic hydroxyl groups excluding tert-OH is 1. The molecule has 2 fully saturated rings. The van der Waals surface area contributed by atoms with Crippen molar-refractivity contribution in [1.82, 2.24) is 5.32 Å². The number of nitrogens with zero attached hydrogens (tertiary/aromatic N) is 1. The van der Waals surface area contributed by atoms with Crippen LogP contribution in [-0.2, 0) is 66.7 Å². The van der Waals surface area contributed by atoms with Gasteiger partial charge in [0.15, 0.2) is 24.6 Å². The average molecular weight is 715 g/mol. The summed E-state index contributed by atoms with van der Waals surface area (Å²) in [4.78, 5) is 83.0. The number of hydrogen-bond acceptors (Lipinski definition) is 18. The number of rotatable bonds is 13. The predicted octanol–water partition coefficient (Wildman–Crippen LogP) is -0.404. The molecule has 0 radical (unpaired) electrons. The van der Waals surface area contributed by atoms with Gasteiger partial charge in [0, 0.05) is 53.7 Å². The zero-order valence-electron chi connectivity index (χ0n) is 27.8. The molecular weight excluding hydrogens is 676 g/mol. The van der Waals surface area contributed by atoms with Gasteiger partial charge >= 0.3 is 29.8 Å². The van der Waals surface area contributed by atoms with Crippen LogP contribution in [0.5, 0.6) is 5.75 Å². The van der Waals surface area contributed by atoms with Gasteiger partial charge in [-0.2, -0.15) is 0 Å². The van der Waals surface area contributed by atoms with Gasteiger partial charge in [-0.05, 0) is 12.1 Å². The van der Waals surface area contributed by atoms with E-state index < -0.39 is 115 Å². The van der Waals surface area contributed by atoms with Crippen LogP contribution in [0.25, 0.3) is 0 Å². The van der Waals surface area contributed by atoms with Crippen molar-refractivity contribution in [1.29, 1.82) is 0 Å². The number of esters is 5. The molecule has 0 saturated carbocycles. The molecule has 2 N–H and O–H groups in total.